The van der Waals surface area contributed by atoms with Crippen LogP contribution in [0.25, 0.3) is 0 Å². The van der Waals surface area contributed by atoms with Crippen LogP contribution in [-0.2, 0) is 60.3 Å². The van der Waals surface area contributed by atoms with E-state index < -0.39 is 11.7 Å². The number of aromatic nitrogens is 8. The molecule has 0 aliphatic carbocycles. The molecule has 612 valence electrons. The van der Waals surface area contributed by atoms with E-state index >= 15 is 0 Å². The molecule has 0 N–H and O–H groups in total. The summed E-state index contributed by atoms with van der Waals surface area (Å²) in [5.41, 5.74) is 11.1. The van der Waals surface area contributed by atoms with E-state index in [4.69, 9.17) is 34.8 Å². The lowest BCUT2D eigenvalue weighted by atomic mass is 9.87. The number of pyridine rings is 8. The minimum absolute atomic E-state index is 0.0882. The fraction of sp³-hybridized carbons (Fsp3) is 0.453. The number of benzene rings is 2. The van der Waals surface area contributed by atoms with Crippen LogP contribution in [0.15, 0.2) is 201 Å². The minimum atomic E-state index is -4.29. The molecule has 8 heterocycles. The lowest BCUT2D eigenvalue weighted by molar-refractivity contribution is -0.137. The van der Waals surface area contributed by atoms with Crippen LogP contribution in [-0.4, -0.2) is 39.9 Å². The van der Waals surface area contributed by atoms with Crippen LogP contribution in [0.2, 0.25) is 15.2 Å². The Balaban J connectivity index is 0.000000623. The van der Waals surface area contributed by atoms with Gasteiger partial charge < -0.3 is 0 Å². The summed E-state index contributed by atoms with van der Waals surface area (Å²) < 4.78 is 76.1. The van der Waals surface area contributed by atoms with E-state index in [9.17, 15) is 26.3 Å². The molecule has 10 rings (SSSR count). The Bertz CT molecular complexity index is 3890. The molecule has 0 radical (unpaired) electrons. The molecular weight excluding hydrogens is 1470 g/mol. The van der Waals surface area contributed by atoms with Crippen molar-refractivity contribution in [2.24, 2.45) is 0 Å². The number of aryl methyl sites for hydroxylation is 2. The maximum Gasteiger partial charge on any atom is 0.416 e. The molecule has 0 amide bonds. The summed E-state index contributed by atoms with van der Waals surface area (Å²) >= 11 is 17.4. The van der Waals surface area contributed by atoms with Crippen LogP contribution >= 0.6 is 34.8 Å². The van der Waals surface area contributed by atoms with Gasteiger partial charge in [0, 0.05) is 131 Å². The van der Waals surface area contributed by atoms with E-state index in [-0.39, 0.29) is 71.6 Å². The highest BCUT2D eigenvalue weighted by molar-refractivity contribution is 6.31. The molecule has 0 fully saturated rings. The van der Waals surface area contributed by atoms with Crippen LogP contribution in [0.5, 0.6) is 0 Å². The van der Waals surface area contributed by atoms with Gasteiger partial charge in [0.15, 0.2) is 0 Å². The van der Waals surface area contributed by atoms with Gasteiger partial charge in [-0.25, -0.2) is 18.2 Å². The molecule has 0 saturated heterocycles. The molecule has 0 aliphatic rings. The molecular formula is C95H129Cl3F6N8. The number of halogens is 9. The molecule has 0 aliphatic heterocycles. The molecule has 17 heteroatoms. The summed E-state index contributed by atoms with van der Waals surface area (Å²) in [6.07, 6.45) is 7.01. The first kappa shape index (κ1) is 102. The molecule has 112 heavy (non-hydrogen) atoms. The van der Waals surface area contributed by atoms with Gasteiger partial charge in [-0.3, -0.25) is 34.9 Å². The van der Waals surface area contributed by atoms with Crippen molar-refractivity contribution in [1.29, 1.82) is 0 Å². The van der Waals surface area contributed by atoms with Crippen molar-refractivity contribution in [3.8, 4) is 0 Å². The first-order valence-corrected chi connectivity index (χ1v) is 38.8. The summed E-state index contributed by atoms with van der Waals surface area (Å²) in [6.45, 7) is 66.2. The van der Waals surface area contributed by atoms with Gasteiger partial charge in [0.1, 0.15) is 22.6 Å². The average molecular weight is 1600 g/mol. The number of hydrogen-bond donors (Lipinski definition) is 0. The second-order valence-electron chi connectivity index (χ2n) is 37.4. The lowest BCUT2D eigenvalue weighted by Crippen LogP contribution is -2.15. The smallest absolute Gasteiger partial charge is 0.264 e. The zero-order chi connectivity index (χ0) is 86.5. The Labute approximate surface area is 685 Å². The van der Waals surface area contributed by atoms with E-state index in [0.717, 1.165) is 61.9 Å². The molecule has 10 aromatic rings. The fourth-order valence-corrected chi connectivity index (χ4v) is 9.84. The van der Waals surface area contributed by atoms with Gasteiger partial charge in [0.05, 0.1) is 11.3 Å². The Morgan fingerprint density at radius 1 is 0.268 bits per heavy atom. The number of rotatable bonds is 0. The minimum Gasteiger partial charge on any atom is -0.264 e. The molecule has 0 bridgehead atoms. The SMILES string of the molecule is CC(C)(C)c1cc(C(F)(F)F)ccn1.CC(C)(C)c1cc(Cl)ccn1.CC(C)(C)c1cccc(Cl)c1.CC(C)(C)c1cccc(Cl)n1.CC(C)(C)c1ccccc1F.CC(C)(C)c1ccccn1.CC(C)(C)c1cnccc1F.CC(C)(C)c1ncccc1F.Cc1cc(C(C)(C)C)ccn1.Cc1cccc(C(C)(C)C)n1. The van der Waals surface area contributed by atoms with E-state index in [2.05, 4.69) is 201 Å². The van der Waals surface area contributed by atoms with Gasteiger partial charge in [-0.05, 0) is 161 Å². The van der Waals surface area contributed by atoms with Crippen LogP contribution in [0.4, 0.5) is 26.3 Å². The number of nitrogens with zero attached hydrogens (tertiary/aromatic N) is 8. The fourth-order valence-electron chi connectivity index (χ4n) is 9.33. The summed E-state index contributed by atoms with van der Waals surface area (Å²) in [7, 11) is 0. The van der Waals surface area contributed by atoms with E-state index in [1.54, 1.807) is 42.9 Å². The Kier molecular flexibility index (Phi) is 40.2. The second kappa shape index (κ2) is 44.1. The molecule has 0 atom stereocenters. The van der Waals surface area contributed by atoms with Crippen molar-refractivity contribution in [3.05, 3.63) is 307 Å². The summed E-state index contributed by atoms with van der Waals surface area (Å²) in [4.78, 5) is 33.1. The lowest BCUT2D eigenvalue weighted by Gasteiger charge is -2.19. The Morgan fingerprint density at radius 2 is 0.688 bits per heavy atom. The zero-order valence-electron chi connectivity index (χ0n) is 73.0. The summed E-state index contributed by atoms with van der Waals surface area (Å²) in [5.74, 6) is -0.507. The van der Waals surface area contributed by atoms with E-state index in [1.807, 2.05) is 176 Å². The number of alkyl halides is 3. The highest BCUT2D eigenvalue weighted by atomic mass is 35.5. The van der Waals surface area contributed by atoms with Gasteiger partial charge in [0.2, 0.25) is 0 Å². The summed E-state index contributed by atoms with van der Waals surface area (Å²) in [6, 6.07) is 47.2. The maximum atomic E-state index is 13.1. The van der Waals surface area contributed by atoms with Crippen molar-refractivity contribution in [2.45, 2.75) is 282 Å². The second-order valence-corrected chi connectivity index (χ2v) is 38.6. The quantitative estimate of drug-likeness (QED) is 0.109. The highest BCUT2D eigenvalue weighted by Gasteiger charge is 2.32. The van der Waals surface area contributed by atoms with Gasteiger partial charge in [-0.15, -0.1) is 0 Å². The third-order valence-electron chi connectivity index (χ3n) is 16.1. The first-order valence-electron chi connectivity index (χ1n) is 37.7. The van der Waals surface area contributed by atoms with Crippen molar-refractivity contribution in [1.82, 2.24) is 39.9 Å². The largest absolute Gasteiger partial charge is 0.416 e. The molecule has 8 aromatic heterocycles. The Hall–Kier alpha value is -7.91. The highest BCUT2D eigenvalue weighted by Crippen LogP contribution is 2.33. The van der Waals surface area contributed by atoms with Crippen LogP contribution in [0.1, 0.15) is 281 Å². The predicted molar refractivity (Wildman–Crippen MR) is 463 cm³/mol. The van der Waals surface area contributed by atoms with Crippen LogP contribution < -0.4 is 0 Å². The monoisotopic (exact) mass is 1600 g/mol. The van der Waals surface area contributed by atoms with Gasteiger partial charge >= 0.3 is 6.18 Å². The topological polar surface area (TPSA) is 103 Å². The molecule has 0 unspecified atom stereocenters. The van der Waals surface area contributed by atoms with Crippen LogP contribution in [0.3, 0.4) is 0 Å². The number of hydrogen-bond acceptors (Lipinski definition) is 8. The third kappa shape index (κ3) is 41.2. The van der Waals surface area contributed by atoms with Gasteiger partial charge in [0.25, 0.3) is 0 Å². The van der Waals surface area contributed by atoms with E-state index in [0.29, 0.717) is 22.1 Å². The van der Waals surface area contributed by atoms with Gasteiger partial charge in [-0.1, -0.05) is 291 Å². The van der Waals surface area contributed by atoms with Crippen molar-refractivity contribution in [2.75, 3.05) is 0 Å². The average Bonchev–Trinajstić information content (AvgIpc) is 0.912. The van der Waals surface area contributed by atoms with Crippen LogP contribution in [0, 0.1) is 31.3 Å². The standard InChI is InChI=1S/C10H13Cl.C10H12F3N.C10H13F.2C10H15N.2C9H12ClN.2C9H12FN.C9H13N/c1-10(2,3)8-5-4-6-9(11)7-8;1-9(2,3)8-6-7(4-5-14-8)10(11,12)13;1-10(2,3)8-6-4-5-7-9(8)11;1-8-7-9(5-6-11-8)10(2,3)4;1-8-6-5-7-9(11-8)10(2,3)4;1-9(2,3)8-6-7(10)4-5-11-8;1-9(2,3)7-5-4-6-8(10)11-7;1-9(2,3)7-6-11-5-4-8(7)10;1-9(2,3)8-7(10)5-4-6-11-8;1-9(2,3)8-6-4-5-7-10-8/h4-7H,1-3H3;4-6H,1-3H3;4-7H,1-3H3;2*5-7H,1-4H3;4*4-6H,1-3H3;4-7H,1-3H3. The van der Waals surface area contributed by atoms with Gasteiger partial charge in [-0.2, -0.15) is 13.2 Å². The van der Waals surface area contributed by atoms with Crippen molar-refractivity contribution >= 4 is 34.8 Å². The predicted octanol–water partition coefficient (Wildman–Crippen LogP) is 29.0. The molecule has 0 spiro atoms. The maximum absolute atomic E-state index is 13.1. The zero-order valence-corrected chi connectivity index (χ0v) is 75.3. The Morgan fingerprint density at radius 3 is 1.04 bits per heavy atom. The molecule has 0 saturated carbocycles. The molecule has 2 aromatic carbocycles. The van der Waals surface area contributed by atoms with Crippen molar-refractivity contribution in [3.63, 3.8) is 0 Å². The third-order valence-corrected chi connectivity index (χ3v) is 16.8. The van der Waals surface area contributed by atoms with E-state index in [1.165, 1.54) is 41.7 Å². The normalized spacial score (nSPS) is 11.8. The van der Waals surface area contributed by atoms with Crippen molar-refractivity contribution < 1.29 is 26.3 Å². The molecule has 8 nitrogen and oxygen atoms in total. The summed E-state index contributed by atoms with van der Waals surface area (Å²) in [5, 5.41) is 2.14. The first-order chi connectivity index (χ1) is 50.9.